The molecule has 4 rings (SSSR count). The molecule has 8 heteroatoms. The summed E-state index contributed by atoms with van der Waals surface area (Å²) in [4.78, 5) is 1.73. The Morgan fingerprint density at radius 2 is 1.85 bits per heavy atom. The molecule has 2 aromatic heterocycles. The maximum Gasteiger partial charge on any atom is 0.281 e. The standard InChI is InChI=1S/C12H6FN5O2/c13-7-1-3-8(4-2-7)17-14-12-10(18(17)19)6-5-9-11(12)16-20-15-9/h1-6H. The molecule has 20 heavy (non-hydrogen) atoms. The van der Waals surface area contributed by atoms with Crippen molar-refractivity contribution in [2.24, 2.45) is 0 Å². The van der Waals surface area contributed by atoms with Crippen LogP contribution in [0.3, 0.4) is 0 Å². The van der Waals surface area contributed by atoms with Crippen LogP contribution in [0.5, 0.6) is 0 Å². The third kappa shape index (κ3) is 1.38. The summed E-state index contributed by atoms with van der Waals surface area (Å²) in [5.41, 5.74) is 2.08. The quantitative estimate of drug-likeness (QED) is 0.385. The van der Waals surface area contributed by atoms with E-state index < -0.39 is 0 Å². The second kappa shape index (κ2) is 3.73. The largest absolute Gasteiger partial charge is 0.692 e. The van der Waals surface area contributed by atoms with Gasteiger partial charge in [-0.15, -0.1) is 4.85 Å². The Labute approximate surface area is 110 Å². The molecule has 7 nitrogen and oxygen atoms in total. The predicted octanol–water partition coefficient (Wildman–Crippen LogP) is 1.33. The number of rotatable bonds is 1. The molecule has 0 saturated carbocycles. The van der Waals surface area contributed by atoms with E-state index in [0.29, 0.717) is 32.6 Å². The molecule has 2 heterocycles. The Morgan fingerprint density at radius 3 is 2.65 bits per heavy atom. The van der Waals surface area contributed by atoms with Gasteiger partial charge in [-0.25, -0.2) is 9.02 Å². The highest BCUT2D eigenvalue weighted by atomic mass is 19.1. The predicted molar refractivity (Wildman–Crippen MR) is 65.4 cm³/mol. The average molecular weight is 271 g/mol. The van der Waals surface area contributed by atoms with E-state index in [1.165, 1.54) is 24.3 Å². The van der Waals surface area contributed by atoms with Gasteiger partial charge < -0.3 is 5.21 Å². The van der Waals surface area contributed by atoms with Gasteiger partial charge in [-0.05, 0) is 51.5 Å². The molecule has 4 aromatic rings. The van der Waals surface area contributed by atoms with Crippen LogP contribution in [0.2, 0.25) is 0 Å². The number of hydrogen-bond donors (Lipinski definition) is 0. The van der Waals surface area contributed by atoms with Gasteiger partial charge >= 0.3 is 0 Å². The van der Waals surface area contributed by atoms with Crippen LogP contribution < -0.4 is 4.85 Å². The summed E-state index contributed by atoms with van der Waals surface area (Å²) in [5.74, 6) is -0.383. The molecule has 0 aliphatic carbocycles. The number of benzene rings is 2. The third-order valence-electron chi connectivity index (χ3n) is 3.01. The number of nitrogens with zero attached hydrogens (tertiary/aromatic N) is 5. The minimum atomic E-state index is -0.383. The van der Waals surface area contributed by atoms with Gasteiger partial charge in [-0.2, -0.15) is 0 Å². The van der Waals surface area contributed by atoms with Crippen LogP contribution in [0, 0.1) is 11.0 Å². The lowest BCUT2D eigenvalue weighted by molar-refractivity contribution is -0.664. The third-order valence-corrected chi connectivity index (χ3v) is 3.01. The topological polar surface area (TPSA) is 83.7 Å². The first-order valence-corrected chi connectivity index (χ1v) is 5.74. The van der Waals surface area contributed by atoms with Crippen molar-refractivity contribution in [1.82, 2.24) is 20.2 Å². The zero-order valence-corrected chi connectivity index (χ0v) is 9.89. The van der Waals surface area contributed by atoms with Crippen molar-refractivity contribution in [3.05, 3.63) is 47.4 Å². The summed E-state index contributed by atoms with van der Waals surface area (Å²) in [7, 11) is 0. The Bertz CT molecular complexity index is 928. The summed E-state index contributed by atoms with van der Waals surface area (Å²) >= 11 is 0. The fourth-order valence-electron chi connectivity index (χ4n) is 2.05. The molecule has 0 unspecified atom stereocenters. The normalized spacial score (nSPS) is 11.4. The second-order valence-electron chi connectivity index (χ2n) is 4.20. The number of halogens is 1. The van der Waals surface area contributed by atoms with Gasteiger partial charge in [0.1, 0.15) is 17.0 Å². The number of fused-ring (bicyclic) bond motifs is 3. The van der Waals surface area contributed by atoms with Crippen LogP contribution in [-0.2, 0) is 0 Å². The van der Waals surface area contributed by atoms with Crippen molar-refractivity contribution < 1.29 is 13.9 Å². The molecule has 0 spiro atoms. The Kier molecular flexibility index (Phi) is 2.02. The van der Waals surface area contributed by atoms with Crippen molar-refractivity contribution >= 4 is 22.1 Å². The minimum absolute atomic E-state index is 0.331. The first-order chi connectivity index (χ1) is 9.74. The SMILES string of the molecule is [O-][n+]1c2ccc3nonc3c2nn1-c1ccc(F)cc1. The zero-order valence-electron chi connectivity index (χ0n) is 9.89. The van der Waals surface area contributed by atoms with Crippen LogP contribution >= 0.6 is 0 Å². The van der Waals surface area contributed by atoms with E-state index in [1.807, 2.05) is 0 Å². The fraction of sp³-hybridized carbons (Fsp3) is 0. The summed E-state index contributed by atoms with van der Waals surface area (Å²) in [6.45, 7) is 0. The van der Waals surface area contributed by atoms with Crippen LogP contribution in [0.15, 0.2) is 41.0 Å². The molecule has 0 atom stereocenters. The molecule has 0 N–H and O–H groups in total. The summed E-state index contributed by atoms with van der Waals surface area (Å²) in [5, 5.41) is 23.8. The van der Waals surface area contributed by atoms with E-state index >= 15 is 0 Å². The smallest absolute Gasteiger partial charge is 0.281 e. The molecule has 0 radical (unpaired) electrons. The molecule has 0 bridgehead atoms. The van der Waals surface area contributed by atoms with Gasteiger partial charge in [0, 0.05) is 0 Å². The zero-order chi connectivity index (χ0) is 13.7. The van der Waals surface area contributed by atoms with E-state index in [1.54, 1.807) is 12.1 Å². The van der Waals surface area contributed by atoms with Gasteiger partial charge in [0.25, 0.3) is 5.52 Å². The lowest BCUT2D eigenvalue weighted by Gasteiger charge is -2.03. The first-order valence-electron chi connectivity index (χ1n) is 5.74. The second-order valence-corrected chi connectivity index (χ2v) is 4.20. The molecular formula is C12H6FN5O2. The summed E-state index contributed by atoms with van der Waals surface area (Å²) < 4.78 is 17.6. The summed E-state index contributed by atoms with van der Waals surface area (Å²) in [6, 6.07) is 8.66. The number of hydrogen-bond acceptors (Lipinski definition) is 5. The Balaban J connectivity index is 2.05. The van der Waals surface area contributed by atoms with Crippen LogP contribution in [-0.4, -0.2) is 20.2 Å². The molecule has 0 amide bonds. The Morgan fingerprint density at radius 1 is 1.05 bits per heavy atom. The van der Waals surface area contributed by atoms with Gasteiger partial charge in [-0.1, -0.05) is 0 Å². The Hall–Kier alpha value is -3.03. The van der Waals surface area contributed by atoms with Crippen molar-refractivity contribution in [3.63, 3.8) is 0 Å². The van der Waals surface area contributed by atoms with Crippen molar-refractivity contribution in [2.45, 2.75) is 0 Å². The van der Waals surface area contributed by atoms with E-state index in [4.69, 9.17) is 0 Å². The van der Waals surface area contributed by atoms with Gasteiger partial charge in [-0.3, -0.25) is 0 Å². The van der Waals surface area contributed by atoms with E-state index in [2.05, 4.69) is 20.0 Å². The lowest BCUT2D eigenvalue weighted by atomic mass is 10.3. The first kappa shape index (κ1) is 10.9. The van der Waals surface area contributed by atoms with E-state index in [9.17, 15) is 9.60 Å². The summed E-state index contributed by atoms with van der Waals surface area (Å²) in [6.07, 6.45) is 0. The molecule has 0 aliphatic rings. The highest BCUT2D eigenvalue weighted by Crippen LogP contribution is 2.19. The van der Waals surface area contributed by atoms with Gasteiger partial charge in [0.15, 0.2) is 5.52 Å². The maximum atomic E-state index is 12.9. The van der Waals surface area contributed by atoms with Gasteiger partial charge in [0.05, 0.1) is 5.10 Å². The molecule has 98 valence electrons. The monoisotopic (exact) mass is 271 g/mol. The van der Waals surface area contributed by atoms with Crippen molar-refractivity contribution in [3.8, 4) is 5.69 Å². The molecular weight excluding hydrogens is 265 g/mol. The molecule has 0 aliphatic heterocycles. The highest BCUT2D eigenvalue weighted by Gasteiger charge is 2.21. The molecule has 0 fully saturated rings. The maximum absolute atomic E-state index is 12.9. The average Bonchev–Trinajstić information content (AvgIpc) is 3.04. The minimum Gasteiger partial charge on any atom is -0.692 e. The van der Waals surface area contributed by atoms with Crippen LogP contribution in [0.4, 0.5) is 4.39 Å². The number of aromatic nitrogens is 5. The lowest BCUT2D eigenvalue weighted by Crippen LogP contribution is -2.37. The van der Waals surface area contributed by atoms with Crippen LogP contribution in [0.1, 0.15) is 0 Å². The molecule has 2 aromatic carbocycles. The van der Waals surface area contributed by atoms with Crippen molar-refractivity contribution in [2.75, 3.05) is 0 Å². The van der Waals surface area contributed by atoms with Gasteiger partial charge in [0.2, 0.25) is 5.52 Å². The highest BCUT2D eigenvalue weighted by molar-refractivity contribution is 5.97. The van der Waals surface area contributed by atoms with E-state index in [-0.39, 0.29) is 5.82 Å². The fourth-order valence-corrected chi connectivity index (χ4v) is 2.05. The van der Waals surface area contributed by atoms with Crippen LogP contribution in [0.25, 0.3) is 27.8 Å². The molecule has 0 saturated heterocycles. The van der Waals surface area contributed by atoms with Crippen molar-refractivity contribution in [1.29, 1.82) is 0 Å². The van der Waals surface area contributed by atoms with E-state index in [0.717, 1.165) is 4.80 Å².